The van der Waals surface area contributed by atoms with Crippen LogP contribution in [0.1, 0.15) is 15.9 Å². The lowest BCUT2D eigenvalue weighted by Gasteiger charge is -2.16. The van der Waals surface area contributed by atoms with E-state index in [9.17, 15) is 14.7 Å². The van der Waals surface area contributed by atoms with E-state index in [-0.39, 0.29) is 6.42 Å². The number of aromatic amines is 1. The monoisotopic (exact) mass is 409 g/mol. The molecule has 0 saturated heterocycles. The molecule has 0 fully saturated rings. The molecule has 0 bridgehead atoms. The molecule has 3 N–H and O–H groups in total. The van der Waals surface area contributed by atoms with Gasteiger partial charge >= 0.3 is 5.97 Å². The number of para-hydroxylation sites is 3. The number of carbonyl (C=O) groups excluding carboxylic acids is 1. The van der Waals surface area contributed by atoms with E-state index in [1.54, 1.807) is 6.20 Å². The van der Waals surface area contributed by atoms with Gasteiger partial charge in [-0.15, -0.1) is 0 Å². The summed E-state index contributed by atoms with van der Waals surface area (Å²) >= 11 is 0. The van der Waals surface area contributed by atoms with Crippen molar-refractivity contribution in [1.82, 2.24) is 15.3 Å². The van der Waals surface area contributed by atoms with Crippen molar-refractivity contribution in [2.24, 2.45) is 0 Å². The average molecular weight is 409 g/mol. The maximum Gasteiger partial charge on any atom is 0.326 e. The first kappa shape index (κ1) is 18.8. The average Bonchev–Trinajstić information content (AvgIpc) is 3.19. The van der Waals surface area contributed by atoms with E-state index in [1.807, 2.05) is 72.8 Å². The summed E-state index contributed by atoms with van der Waals surface area (Å²) in [6, 6.07) is 21.4. The van der Waals surface area contributed by atoms with Crippen LogP contribution < -0.4 is 5.32 Å². The van der Waals surface area contributed by atoms with Gasteiger partial charge < -0.3 is 15.4 Å². The van der Waals surface area contributed by atoms with E-state index < -0.39 is 17.9 Å². The molecule has 0 radical (unpaired) electrons. The Bertz CT molecular complexity index is 1400. The standard InChI is InChI=1S/C25H19N3O3/c29-24(23-17-8-2-5-11-20(17)27-21-12-6-3-9-18(21)23)28-22(25(30)31)13-15-14-26-19-10-4-1-7-16(15)19/h1-12,14,22,26H,13H2,(H,28,29)(H,30,31)/t22-/m0/s1. The van der Waals surface area contributed by atoms with Crippen LogP contribution in [0.15, 0.2) is 79.0 Å². The summed E-state index contributed by atoms with van der Waals surface area (Å²) < 4.78 is 0. The summed E-state index contributed by atoms with van der Waals surface area (Å²) in [6.07, 6.45) is 1.97. The second-order valence-corrected chi connectivity index (χ2v) is 7.45. The quantitative estimate of drug-likeness (QED) is 0.377. The van der Waals surface area contributed by atoms with Crippen LogP contribution in [0.2, 0.25) is 0 Å². The van der Waals surface area contributed by atoms with E-state index in [1.165, 1.54) is 0 Å². The third-order valence-corrected chi connectivity index (χ3v) is 5.52. The molecule has 2 heterocycles. The molecule has 0 unspecified atom stereocenters. The maximum atomic E-state index is 13.4. The first-order valence-electron chi connectivity index (χ1n) is 9.98. The van der Waals surface area contributed by atoms with Gasteiger partial charge in [-0.1, -0.05) is 54.6 Å². The van der Waals surface area contributed by atoms with Crippen LogP contribution in [-0.4, -0.2) is 33.0 Å². The van der Waals surface area contributed by atoms with Gasteiger partial charge in [0, 0.05) is 34.3 Å². The molecule has 3 aromatic carbocycles. The van der Waals surface area contributed by atoms with Crippen molar-refractivity contribution in [2.45, 2.75) is 12.5 Å². The number of pyridine rings is 1. The molecule has 152 valence electrons. The van der Waals surface area contributed by atoms with Crippen LogP contribution in [0.4, 0.5) is 0 Å². The molecule has 1 amide bonds. The van der Waals surface area contributed by atoms with Gasteiger partial charge in [-0.3, -0.25) is 4.79 Å². The molecular formula is C25H19N3O3. The first-order chi connectivity index (χ1) is 15.1. The fraction of sp³-hybridized carbons (Fsp3) is 0.0800. The zero-order valence-corrected chi connectivity index (χ0v) is 16.5. The highest BCUT2D eigenvalue weighted by molar-refractivity contribution is 6.16. The lowest BCUT2D eigenvalue weighted by Crippen LogP contribution is -2.42. The topological polar surface area (TPSA) is 95.1 Å². The molecule has 5 rings (SSSR count). The summed E-state index contributed by atoms with van der Waals surface area (Å²) in [6.45, 7) is 0. The number of fused-ring (bicyclic) bond motifs is 3. The number of benzene rings is 3. The number of nitrogens with zero attached hydrogens (tertiary/aromatic N) is 1. The number of hydrogen-bond acceptors (Lipinski definition) is 3. The summed E-state index contributed by atoms with van der Waals surface area (Å²) in [7, 11) is 0. The van der Waals surface area contributed by atoms with Crippen LogP contribution in [0.3, 0.4) is 0 Å². The molecule has 0 aliphatic rings. The highest BCUT2D eigenvalue weighted by Crippen LogP contribution is 2.26. The summed E-state index contributed by atoms with van der Waals surface area (Å²) in [5.74, 6) is -1.51. The number of nitrogens with one attached hydrogen (secondary N) is 2. The van der Waals surface area contributed by atoms with E-state index in [0.29, 0.717) is 27.4 Å². The lowest BCUT2D eigenvalue weighted by atomic mass is 10.0. The molecule has 0 aliphatic carbocycles. The minimum absolute atomic E-state index is 0.173. The SMILES string of the molecule is O=C(N[C@@H](Cc1c[nH]c2ccccc12)C(=O)O)c1c2ccccc2nc2ccccc12. The van der Waals surface area contributed by atoms with Crippen molar-refractivity contribution in [2.75, 3.05) is 0 Å². The number of aliphatic carboxylic acids is 1. The Morgan fingerprint density at radius 2 is 1.45 bits per heavy atom. The molecular weight excluding hydrogens is 390 g/mol. The second-order valence-electron chi connectivity index (χ2n) is 7.45. The third-order valence-electron chi connectivity index (χ3n) is 5.52. The number of carbonyl (C=O) groups is 2. The van der Waals surface area contributed by atoms with Crippen molar-refractivity contribution in [3.63, 3.8) is 0 Å². The smallest absolute Gasteiger partial charge is 0.326 e. The Balaban J connectivity index is 1.54. The number of hydrogen-bond donors (Lipinski definition) is 3. The molecule has 0 spiro atoms. The largest absolute Gasteiger partial charge is 0.480 e. The van der Waals surface area contributed by atoms with Crippen LogP contribution >= 0.6 is 0 Å². The van der Waals surface area contributed by atoms with Crippen LogP contribution in [-0.2, 0) is 11.2 Å². The predicted molar refractivity (Wildman–Crippen MR) is 120 cm³/mol. The fourth-order valence-electron chi connectivity index (χ4n) is 4.04. The summed E-state index contributed by atoms with van der Waals surface area (Å²) in [5.41, 5.74) is 3.59. The lowest BCUT2D eigenvalue weighted by molar-refractivity contribution is -0.139. The number of amides is 1. The molecule has 0 aliphatic heterocycles. The first-order valence-corrected chi connectivity index (χ1v) is 9.98. The van der Waals surface area contributed by atoms with Gasteiger partial charge in [-0.2, -0.15) is 0 Å². The van der Waals surface area contributed by atoms with Gasteiger partial charge in [0.25, 0.3) is 5.91 Å². The van der Waals surface area contributed by atoms with Gasteiger partial charge in [-0.05, 0) is 23.8 Å². The van der Waals surface area contributed by atoms with Crippen molar-refractivity contribution >= 4 is 44.6 Å². The van der Waals surface area contributed by atoms with Gasteiger partial charge in [0.1, 0.15) is 6.04 Å². The third kappa shape index (κ3) is 3.38. The zero-order valence-electron chi connectivity index (χ0n) is 16.5. The van der Waals surface area contributed by atoms with Crippen LogP contribution in [0.5, 0.6) is 0 Å². The Labute approximate surface area is 177 Å². The highest BCUT2D eigenvalue weighted by Gasteiger charge is 2.24. The number of carboxylic acids is 1. The van der Waals surface area contributed by atoms with E-state index in [0.717, 1.165) is 16.5 Å². The summed E-state index contributed by atoms with van der Waals surface area (Å²) in [5, 5.41) is 14.9. The number of rotatable bonds is 5. The van der Waals surface area contributed by atoms with E-state index >= 15 is 0 Å². The summed E-state index contributed by atoms with van der Waals surface area (Å²) in [4.78, 5) is 33.2. The zero-order chi connectivity index (χ0) is 21.4. The Morgan fingerprint density at radius 1 is 0.871 bits per heavy atom. The normalized spacial score (nSPS) is 12.3. The molecule has 5 aromatic rings. The molecule has 6 nitrogen and oxygen atoms in total. The Morgan fingerprint density at radius 3 is 2.10 bits per heavy atom. The van der Waals surface area contributed by atoms with Gasteiger partial charge in [0.2, 0.25) is 0 Å². The van der Waals surface area contributed by atoms with Gasteiger partial charge in [-0.25, -0.2) is 9.78 Å². The minimum Gasteiger partial charge on any atom is -0.480 e. The Kier molecular flexibility index (Phi) is 4.59. The molecule has 6 heteroatoms. The number of carboxylic acid groups (broad SMARTS) is 1. The number of aromatic nitrogens is 2. The van der Waals surface area contributed by atoms with Gasteiger partial charge in [0.05, 0.1) is 16.6 Å². The molecule has 31 heavy (non-hydrogen) atoms. The molecule has 2 aromatic heterocycles. The van der Waals surface area contributed by atoms with Gasteiger partial charge in [0.15, 0.2) is 0 Å². The second kappa shape index (κ2) is 7.57. The van der Waals surface area contributed by atoms with Crippen molar-refractivity contribution in [3.8, 4) is 0 Å². The maximum absolute atomic E-state index is 13.4. The molecule has 0 saturated carbocycles. The molecule has 1 atom stereocenters. The van der Waals surface area contributed by atoms with Crippen molar-refractivity contribution in [1.29, 1.82) is 0 Å². The highest BCUT2D eigenvalue weighted by atomic mass is 16.4. The van der Waals surface area contributed by atoms with Crippen LogP contribution in [0.25, 0.3) is 32.7 Å². The minimum atomic E-state index is -1.08. The van der Waals surface area contributed by atoms with Crippen molar-refractivity contribution in [3.05, 3.63) is 90.1 Å². The fourth-order valence-corrected chi connectivity index (χ4v) is 4.04. The number of H-pyrrole nitrogens is 1. The van der Waals surface area contributed by atoms with E-state index in [4.69, 9.17) is 0 Å². The predicted octanol–water partition coefficient (Wildman–Crippen LogP) is 4.30. The van der Waals surface area contributed by atoms with E-state index in [2.05, 4.69) is 15.3 Å². The van der Waals surface area contributed by atoms with Crippen LogP contribution in [0, 0.1) is 0 Å². The Hall–Kier alpha value is -4.19. The van der Waals surface area contributed by atoms with Crippen molar-refractivity contribution < 1.29 is 14.7 Å².